The van der Waals surface area contributed by atoms with Crippen LogP contribution < -0.4 is 10.7 Å². The number of hydrazine groups is 1. The highest BCUT2D eigenvalue weighted by molar-refractivity contribution is 7.85. The molecule has 0 aromatic heterocycles. The zero-order chi connectivity index (χ0) is 11.4. The summed E-state index contributed by atoms with van der Waals surface area (Å²) in [5.41, 5.74) is 3.06. The highest BCUT2D eigenvalue weighted by Gasteiger charge is 2.30. The van der Waals surface area contributed by atoms with E-state index in [1.54, 1.807) is 0 Å². The lowest BCUT2D eigenvalue weighted by Gasteiger charge is -2.23. The molecule has 1 saturated heterocycles. The molecule has 0 bridgehead atoms. The molecule has 0 aromatic rings. The molecule has 0 amide bonds. The van der Waals surface area contributed by atoms with Gasteiger partial charge in [0, 0.05) is 29.7 Å². The van der Waals surface area contributed by atoms with Crippen LogP contribution >= 0.6 is 0 Å². The molecular formula is C10H14N4OS. The number of nitriles is 1. The number of nitrogens with zero attached hydrogens (tertiary/aromatic N) is 2. The maximum absolute atomic E-state index is 11.6. The first-order chi connectivity index (χ1) is 7.79. The maximum atomic E-state index is 11.6. The van der Waals surface area contributed by atoms with Crippen molar-refractivity contribution in [2.24, 2.45) is 0 Å². The van der Waals surface area contributed by atoms with Gasteiger partial charge < -0.3 is 5.43 Å². The minimum Gasteiger partial charge on any atom is -0.306 e. The highest BCUT2D eigenvalue weighted by atomic mass is 32.2. The fourth-order valence-corrected chi connectivity index (χ4v) is 3.12. The van der Waals surface area contributed by atoms with E-state index in [9.17, 15) is 4.21 Å². The molecule has 86 valence electrons. The number of nitrogens with one attached hydrogen (secondary N) is 2. The first kappa shape index (κ1) is 11.2. The van der Waals surface area contributed by atoms with Crippen LogP contribution in [0.1, 0.15) is 6.42 Å². The van der Waals surface area contributed by atoms with Gasteiger partial charge in [0.2, 0.25) is 0 Å². The SMILES string of the molecule is N#CC1CS(=O)C(CCN2C=CC=CN2)N1. The standard InChI is InChI=1S/C10H14N4OS/c11-7-9-8-16(15)10(13-9)3-6-14-5-2-1-4-12-14/h1-2,4-5,9-10,12-13H,3,6,8H2. The van der Waals surface area contributed by atoms with Gasteiger partial charge in [-0.3, -0.25) is 14.5 Å². The second kappa shape index (κ2) is 5.14. The van der Waals surface area contributed by atoms with Crippen molar-refractivity contribution in [3.05, 3.63) is 24.6 Å². The number of hydrogen-bond acceptors (Lipinski definition) is 5. The van der Waals surface area contributed by atoms with E-state index >= 15 is 0 Å². The molecule has 2 aliphatic heterocycles. The summed E-state index contributed by atoms with van der Waals surface area (Å²) in [6.45, 7) is 0.766. The summed E-state index contributed by atoms with van der Waals surface area (Å²) in [6.07, 6.45) is 8.38. The van der Waals surface area contributed by atoms with Gasteiger partial charge in [0.25, 0.3) is 0 Å². The van der Waals surface area contributed by atoms with E-state index in [-0.39, 0.29) is 11.4 Å². The van der Waals surface area contributed by atoms with E-state index in [4.69, 9.17) is 5.26 Å². The van der Waals surface area contributed by atoms with Crippen molar-refractivity contribution in [1.82, 2.24) is 15.8 Å². The van der Waals surface area contributed by atoms with Gasteiger partial charge in [0.15, 0.2) is 0 Å². The zero-order valence-corrected chi connectivity index (χ0v) is 9.61. The molecule has 0 aliphatic carbocycles. The van der Waals surface area contributed by atoms with Crippen molar-refractivity contribution in [1.29, 1.82) is 5.26 Å². The molecule has 16 heavy (non-hydrogen) atoms. The quantitative estimate of drug-likeness (QED) is 0.712. The molecular weight excluding hydrogens is 224 g/mol. The van der Waals surface area contributed by atoms with Crippen molar-refractivity contribution in [2.45, 2.75) is 17.8 Å². The molecule has 0 spiro atoms. The molecule has 2 N–H and O–H groups in total. The van der Waals surface area contributed by atoms with E-state index < -0.39 is 10.8 Å². The van der Waals surface area contributed by atoms with Crippen LogP contribution in [0, 0.1) is 11.3 Å². The van der Waals surface area contributed by atoms with Crippen molar-refractivity contribution >= 4 is 10.8 Å². The van der Waals surface area contributed by atoms with Crippen molar-refractivity contribution in [3.63, 3.8) is 0 Å². The normalized spacial score (nSPS) is 32.4. The van der Waals surface area contributed by atoms with Gasteiger partial charge in [-0.1, -0.05) is 0 Å². The number of allylic oxidation sites excluding steroid dienone is 2. The van der Waals surface area contributed by atoms with Gasteiger partial charge in [-0.15, -0.1) is 0 Å². The summed E-state index contributed by atoms with van der Waals surface area (Å²) >= 11 is 0. The Hall–Kier alpha value is -1.32. The zero-order valence-electron chi connectivity index (χ0n) is 8.80. The van der Waals surface area contributed by atoms with E-state index in [1.807, 2.05) is 29.6 Å². The molecule has 0 radical (unpaired) electrons. The Morgan fingerprint density at radius 1 is 1.56 bits per heavy atom. The van der Waals surface area contributed by atoms with Gasteiger partial charge >= 0.3 is 0 Å². The monoisotopic (exact) mass is 238 g/mol. The molecule has 1 fully saturated rings. The van der Waals surface area contributed by atoms with Crippen LogP contribution in [0.25, 0.3) is 0 Å². The Bertz CT molecular complexity index is 374. The fraction of sp³-hybridized carbons (Fsp3) is 0.500. The van der Waals surface area contributed by atoms with Crippen molar-refractivity contribution in [2.75, 3.05) is 12.3 Å². The Labute approximate surface area is 97.2 Å². The third-order valence-corrected chi connectivity index (χ3v) is 4.21. The van der Waals surface area contributed by atoms with E-state index in [0.29, 0.717) is 5.75 Å². The lowest BCUT2D eigenvalue weighted by Crippen LogP contribution is -2.37. The topological polar surface area (TPSA) is 68.2 Å². The van der Waals surface area contributed by atoms with Gasteiger partial charge in [0.1, 0.15) is 6.04 Å². The number of rotatable bonds is 3. The predicted octanol–water partition coefficient (Wildman–Crippen LogP) is -0.206. The van der Waals surface area contributed by atoms with Gasteiger partial charge in [-0.2, -0.15) is 5.26 Å². The first-order valence-corrected chi connectivity index (χ1v) is 6.57. The lowest BCUT2D eigenvalue weighted by atomic mass is 10.3. The third-order valence-electron chi connectivity index (χ3n) is 2.54. The average molecular weight is 238 g/mol. The molecule has 3 atom stereocenters. The largest absolute Gasteiger partial charge is 0.306 e. The summed E-state index contributed by atoms with van der Waals surface area (Å²) in [4.78, 5) is 0. The minimum atomic E-state index is -0.925. The second-order valence-electron chi connectivity index (χ2n) is 3.70. The molecule has 2 aliphatic rings. The molecule has 0 aromatic carbocycles. The van der Waals surface area contributed by atoms with Crippen LogP contribution in [0.4, 0.5) is 0 Å². The van der Waals surface area contributed by atoms with Crippen molar-refractivity contribution < 1.29 is 4.21 Å². The summed E-state index contributed by atoms with van der Waals surface area (Å²) in [5.74, 6) is 0.449. The second-order valence-corrected chi connectivity index (χ2v) is 5.36. The molecule has 6 heteroatoms. The molecule has 3 unspecified atom stereocenters. The summed E-state index contributed by atoms with van der Waals surface area (Å²) < 4.78 is 11.6. The highest BCUT2D eigenvalue weighted by Crippen LogP contribution is 2.11. The Morgan fingerprint density at radius 2 is 2.44 bits per heavy atom. The third kappa shape index (κ3) is 2.62. The van der Waals surface area contributed by atoms with Gasteiger partial charge in [-0.05, 0) is 18.6 Å². The van der Waals surface area contributed by atoms with E-state index in [0.717, 1.165) is 13.0 Å². The van der Waals surface area contributed by atoms with Crippen LogP contribution in [-0.2, 0) is 10.8 Å². The number of hydrogen-bond donors (Lipinski definition) is 2. The Balaban J connectivity index is 1.78. The first-order valence-electron chi connectivity index (χ1n) is 5.18. The van der Waals surface area contributed by atoms with Crippen molar-refractivity contribution in [3.8, 4) is 6.07 Å². The van der Waals surface area contributed by atoms with Crippen LogP contribution in [0.5, 0.6) is 0 Å². The van der Waals surface area contributed by atoms with Crippen LogP contribution in [0.15, 0.2) is 24.6 Å². The van der Waals surface area contributed by atoms with Crippen LogP contribution in [0.2, 0.25) is 0 Å². The summed E-state index contributed by atoms with van der Waals surface area (Å²) in [6, 6.07) is 1.85. The minimum absolute atomic E-state index is 0.0641. The molecule has 0 saturated carbocycles. The van der Waals surface area contributed by atoms with Gasteiger partial charge in [0.05, 0.1) is 17.2 Å². The van der Waals surface area contributed by atoms with Gasteiger partial charge in [-0.25, -0.2) is 0 Å². The van der Waals surface area contributed by atoms with Crippen LogP contribution in [-0.4, -0.2) is 32.9 Å². The lowest BCUT2D eigenvalue weighted by molar-refractivity contribution is 0.302. The van der Waals surface area contributed by atoms with E-state index in [2.05, 4.69) is 16.8 Å². The predicted molar refractivity (Wildman–Crippen MR) is 62.1 cm³/mol. The van der Waals surface area contributed by atoms with E-state index in [1.165, 1.54) is 0 Å². The molecule has 5 nitrogen and oxygen atoms in total. The average Bonchev–Trinajstić information content (AvgIpc) is 2.69. The molecule has 2 rings (SSSR count). The maximum Gasteiger partial charge on any atom is 0.108 e. The fourth-order valence-electron chi connectivity index (χ4n) is 1.70. The summed E-state index contributed by atoms with van der Waals surface area (Å²) in [7, 11) is -0.925. The molecule has 2 heterocycles. The Morgan fingerprint density at radius 3 is 3.06 bits per heavy atom. The smallest absolute Gasteiger partial charge is 0.108 e. The summed E-state index contributed by atoms with van der Waals surface area (Å²) in [5, 5.41) is 13.7. The Kier molecular flexibility index (Phi) is 3.59. The van der Waals surface area contributed by atoms with Crippen LogP contribution in [0.3, 0.4) is 0 Å².